The van der Waals surface area contributed by atoms with E-state index in [9.17, 15) is 9.90 Å². The summed E-state index contributed by atoms with van der Waals surface area (Å²) in [7, 11) is 1.31. The van der Waals surface area contributed by atoms with Crippen LogP contribution in [-0.4, -0.2) is 30.3 Å². The van der Waals surface area contributed by atoms with E-state index in [0.29, 0.717) is 17.8 Å². The number of nitrogens with two attached hydrogens (primary N) is 1. The summed E-state index contributed by atoms with van der Waals surface area (Å²) >= 11 is 0. The highest BCUT2D eigenvalue weighted by atomic mass is 16.5. The molecule has 0 fully saturated rings. The molecule has 4 N–H and O–H groups in total. The molecule has 0 radical (unpaired) electrons. The van der Waals surface area contributed by atoms with E-state index in [1.807, 2.05) is 13.0 Å². The van der Waals surface area contributed by atoms with Gasteiger partial charge in [0, 0.05) is 17.9 Å². The van der Waals surface area contributed by atoms with Crippen molar-refractivity contribution in [1.29, 1.82) is 0 Å². The molecule has 5 heteroatoms. The van der Waals surface area contributed by atoms with Crippen LogP contribution in [0.1, 0.15) is 29.8 Å². The number of aliphatic hydroxyl groups is 1. The van der Waals surface area contributed by atoms with Crippen LogP contribution in [0, 0.1) is 6.92 Å². The number of hydrogen-bond donors (Lipinski definition) is 3. The van der Waals surface area contributed by atoms with Crippen molar-refractivity contribution in [3.05, 3.63) is 23.3 Å². The second kappa shape index (κ2) is 5.27. The number of nitrogens with one attached hydrogen (secondary N) is 1. The summed E-state index contributed by atoms with van der Waals surface area (Å²) in [4.78, 5) is 11.6. The van der Waals surface area contributed by atoms with Gasteiger partial charge in [0.1, 0.15) is 0 Å². The van der Waals surface area contributed by atoms with Crippen molar-refractivity contribution < 1.29 is 14.6 Å². The Labute approximate surface area is 107 Å². The van der Waals surface area contributed by atoms with Gasteiger partial charge in [-0.25, -0.2) is 4.79 Å². The molecular weight excluding hydrogens is 232 g/mol. The fourth-order valence-corrected chi connectivity index (χ4v) is 1.50. The molecule has 0 atom stereocenters. The van der Waals surface area contributed by atoms with Crippen molar-refractivity contribution in [1.82, 2.24) is 0 Å². The molecule has 1 aromatic rings. The van der Waals surface area contributed by atoms with E-state index >= 15 is 0 Å². The minimum atomic E-state index is -0.833. The molecule has 0 aromatic heterocycles. The van der Waals surface area contributed by atoms with E-state index in [2.05, 4.69) is 10.1 Å². The highest BCUT2D eigenvalue weighted by Crippen LogP contribution is 2.23. The highest BCUT2D eigenvalue weighted by molar-refractivity contribution is 5.97. The Morgan fingerprint density at radius 3 is 2.61 bits per heavy atom. The molecule has 0 unspecified atom stereocenters. The molecule has 0 amide bonds. The fraction of sp³-hybridized carbons (Fsp3) is 0.462. The van der Waals surface area contributed by atoms with Crippen LogP contribution in [0.15, 0.2) is 12.1 Å². The average molecular weight is 252 g/mol. The molecule has 0 aliphatic carbocycles. The van der Waals surface area contributed by atoms with Crippen molar-refractivity contribution in [3.8, 4) is 0 Å². The lowest BCUT2D eigenvalue weighted by atomic mass is 10.1. The lowest BCUT2D eigenvalue weighted by Crippen LogP contribution is -2.29. The van der Waals surface area contributed by atoms with E-state index in [0.717, 1.165) is 11.3 Å². The molecule has 18 heavy (non-hydrogen) atoms. The third kappa shape index (κ3) is 3.63. The van der Waals surface area contributed by atoms with Crippen LogP contribution in [-0.2, 0) is 4.74 Å². The Kier molecular flexibility index (Phi) is 4.19. The number of aryl methyl sites for hydroxylation is 1. The van der Waals surface area contributed by atoms with Gasteiger partial charge in [0.15, 0.2) is 0 Å². The van der Waals surface area contributed by atoms with Gasteiger partial charge in [0.2, 0.25) is 0 Å². The molecule has 0 saturated carbocycles. The molecule has 5 nitrogen and oxygen atoms in total. The van der Waals surface area contributed by atoms with Gasteiger partial charge < -0.3 is 20.9 Å². The monoisotopic (exact) mass is 252 g/mol. The first-order valence-electron chi connectivity index (χ1n) is 5.69. The summed E-state index contributed by atoms with van der Waals surface area (Å²) in [6.07, 6.45) is 0. The normalized spacial score (nSPS) is 11.2. The number of rotatable bonds is 4. The number of hydrogen-bond acceptors (Lipinski definition) is 5. The SMILES string of the molecule is COC(=O)c1cc(NCC(C)(C)O)cc(C)c1N. The molecule has 0 aliphatic heterocycles. The molecule has 0 saturated heterocycles. The minimum absolute atomic E-state index is 0.329. The van der Waals surface area contributed by atoms with Crippen molar-refractivity contribution in [2.75, 3.05) is 24.7 Å². The van der Waals surface area contributed by atoms with Crippen LogP contribution in [0.2, 0.25) is 0 Å². The van der Waals surface area contributed by atoms with E-state index in [4.69, 9.17) is 5.73 Å². The molecule has 0 bridgehead atoms. The van der Waals surface area contributed by atoms with Gasteiger partial charge in [-0.1, -0.05) is 0 Å². The minimum Gasteiger partial charge on any atom is -0.465 e. The zero-order valence-electron chi connectivity index (χ0n) is 11.2. The summed E-state index contributed by atoms with van der Waals surface area (Å²) in [5.41, 5.74) is 7.26. The molecule has 0 aliphatic rings. The summed E-state index contributed by atoms with van der Waals surface area (Å²) in [6.45, 7) is 5.59. The number of carbonyl (C=O) groups excluding carboxylic acids is 1. The first kappa shape index (κ1) is 14.3. The number of ether oxygens (including phenoxy) is 1. The number of anilines is 2. The van der Waals surface area contributed by atoms with Gasteiger partial charge >= 0.3 is 5.97 Å². The zero-order valence-corrected chi connectivity index (χ0v) is 11.2. The average Bonchev–Trinajstić information content (AvgIpc) is 2.28. The number of methoxy groups -OCH3 is 1. The Hall–Kier alpha value is -1.75. The maximum absolute atomic E-state index is 11.6. The summed E-state index contributed by atoms with van der Waals surface area (Å²) in [5, 5.41) is 12.7. The topological polar surface area (TPSA) is 84.6 Å². The van der Waals surface area contributed by atoms with Crippen LogP contribution in [0.25, 0.3) is 0 Å². The fourth-order valence-electron chi connectivity index (χ4n) is 1.50. The quantitative estimate of drug-likeness (QED) is 0.559. The van der Waals surface area contributed by atoms with Crippen molar-refractivity contribution >= 4 is 17.3 Å². The maximum Gasteiger partial charge on any atom is 0.340 e. The second-order valence-corrected chi connectivity index (χ2v) is 4.91. The third-order valence-corrected chi connectivity index (χ3v) is 2.52. The Bertz CT molecular complexity index is 450. The van der Waals surface area contributed by atoms with Crippen molar-refractivity contribution in [2.45, 2.75) is 26.4 Å². The van der Waals surface area contributed by atoms with Crippen molar-refractivity contribution in [3.63, 3.8) is 0 Å². The lowest BCUT2D eigenvalue weighted by molar-refractivity contribution is 0.0602. The van der Waals surface area contributed by atoms with Gasteiger partial charge in [-0.3, -0.25) is 0 Å². The number of nitrogen functional groups attached to an aromatic ring is 1. The number of benzene rings is 1. The molecule has 0 spiro atoms. The van der Waals surface area contributed by atoms with Crippen LogP contribution >= 0.6 is 0 Å². The maximum atomic E-state index is 11.6. The third-order valence-electron chi connectivity index (χ3n) is 2.52. The molecule has 100 valence electrons. The largest absolute Gasteiger partial charge is 0.465 e. The first-order chi connectivity index (χ1) is 8.24. The smallest absolute Gasteiger partial charge is 0.340 e. The predicted octanol–water partition coefficient (Wildman–Crippen LogP) is 1.55. The van der Waals surface area contributed by atoms with E-state index in [1.165, 1.54) is 7.11 Å². The Morgan fingerprint density at radius 2 is 2.11 bits per heavy atom. The molecule has 1 rings (SSSR count). The highest BCUT2D eigenvalue weighted by Gasteiger charge is 2.15. The molecular formula is C13H20N2O3. The van der Waals surface area contributed by atoms with Crippen LogP contribution in [0.3, 0.4) is 0 Å². The summed E-state index contributed by atoms with van der Waals surface area (Å²) < 4.78 is 4.68. The van der Waals surface area contributed by atoms with Crippen LogP contribution in [0.5, 0.6) is 0 Å². The second-order valence-electron chi connectivity index (χ2n) is 4.91. The van der Waals surface area contributed by atoms with Crippen molar-refractivity contribution in [2.24, 2.45) is 0 Å². The standard InChI is InChI=1S/C13H20N2O3/c1-8-5-9(15-7-13(2,3)17)6-10(11(8)14)12(16)18-4/h5-6,15,17H,7,14H2,1-4H3. The summed E-state index contributed by atoms with van der Waals surface area (Å²) in [6, 6.07) is 3.45. The van der Waals surface area contributed by atoms with E-state index in [-0.39, 0.29) is 0 Å². The van der Waals surface area contributed by atoms with E-state index < -0.39 is 11.6 Å². The Morgan fingerprint density at radius 1 is 1.50 bits per heavy atom. The first-order valence-corrected chi connectivity index (χ1v) is 5.69. The number of esters is 1. The lowest BCUT2D eigenvalue weighted by Gasteiger charge is -2.19. The Balaban J connectivity index is 3.01. The van der Waals surface area contributed by atoms with Gasteiger partial charge in [0.05, 0.1) is 18.3 Å². The summed E-state index contributed by atoms with van der Waals surface area (Å²) in [5.74, 6) is -0.470. The molecule has 1 aromatic carbocycles. The molecule has 0 heterocycles. The van der Waals surface area contributed by atoms with Gasteiger partial charge in [-0.05, 0) is 38.5 Å². The van der Waals surface area contributed by atoms with Gasteiger partial charge in [-0.15, -0.1) is 0 Å². The van der Waals surface area contributed by atoms with Gasteiger partial charge in [-0.2, -0.15) is 0 Å². The van der Waals surface area contributed by atoms with Crippen LogP contribution in [0.4, 0.5) is 11.4 Å². The zero-order chi connectivity index (χ0) is 13.9. The van der Waals surface area contributed by atoms with Crippen LogP contribution < -0.4 is 11.1 Å². The predicted molar refractivity (Wildman–Crippen MR) is 71.7 cm³/mol. The number of carbonyl (C=O) groups is 1. The van der Waals surface area contributed by atoms with E-state index in [1.54, 1.807) is 19.9 Å². The van der Waals surface area contributed by atoms with Gasteiger partial charge in [0.25, 0.3) is 0 Å².